The molecule has 2 heteroatoms. The zero-order chi connectivity index (χ0) is 26.9. The molecule has 3 rings (SSSR count). The predicted molar refractivity (Wildman–Crippen MR) is 161 cm³/mol. The molecule has 0 bridgehead atoms. The second kappa shape index (κ2) is 13.3. The van der Waals surface area contributed by atoms with Gasteiger partial charge in [-0.05, 0) is 78.5 Å². The predicted octanol–water partition coefficient (Wildman–Crippen LogP) is 9.55. The van der Waals surface area contributed by atoms with Crippen LogP contribution in [0.1, 0.15) is 75.8 Å². The van der Waals surface area contributed by atoms with Gasteiger partial charge < -0.3 is 10.6 Å². The van der Waals surface area contributed by atoms with Crippen molar-refractivity contribution in [3.05, 3.63) is 94.7 Å². The summed E-state index contributed by atoms with van der Waals surface area (Å²) in [7, 11) is 1.95. The van der Waals surface area contributed by atoms with E-state index >= 15 is 0 Å². The standard InChI is InChI=1S/C29H36N2.C5H12/c1-20-11-8-9-14-24(20)25-17-23(18-29(4,5)6)15-16-26(25)31-27(19-30-7)28-21(2)12-10-13-22(28)3;1-4-5(2)3/h8-17,19,30-31H,18H2,1-7H3;5H,4H2,1-3H3/b27-19-;. The van der Waals surface area contributed by atoms with Gasteiger partial charge in [0, 0.05) is 30.1 Å². The van der Waals surface area contributed by atoms with E-state index in [1.165, 1.54) is 45.4 Å². The molecule has 0 spiro atoms. The van der Waals surface area contributed by atoms with Gasteiger partial charge >= 0.3 is 0 Å². The van der Waals surface area contributed by atoms with E-state index in [2.05, 4.69) is 140 Å². The minimum Gasteiger partial charge on any atom is -0.392 e. The van der Waals surface area contributed by atoms with E-state index in [0.717, 1.165) is 23.7 Å². The fourth-order valence-corrected chi connectivity index (χ4v) is 4.22. The summed E-state index contributed by atoms with van der Waals surface area (Å²) in [5.74, 6) is 0.884. The summed E-state index contributed by atoms with van der Waals surface area (Å²) >= 11 is 0. The molecular formula is C34H48N2. The lowest BCUT2D eigenvalue weighted by molar-refractivity contribution is 0.411. The maximum absolute atomic E-state index is 3.76. The third kappa shape index (κ3) is 8.59. The Bertz CT molecular complexity index is 1130. The Morgan fingerprint density at radius 1 is 0.833 bits per heavy atom. The average Bonchev–Trinajstić information content (AvgIpc) is 2.80. The molecule has 0 amide bonds. The monoisotopic (exact) mass is 484 g/mol. The Kier molecular flexibility index (Phi) is 10.8. The minimum atomic E-state index is 0.243. The molecule has 0 saturated carbocycles. The number of hydrogen-bond acceptors (Lipinski definition) is 2. The normalized spacial score (nSPS) is 11.7. The van der Waals surface area contributed by atoms with Crippen molar-refractivity contribution in [2.75, 3.05) is 12.4 Å². The Morgan fingerprint density at radius 2 is 1.42 bits per heavy atom. The Morgan fingerprint density at radius 3 is 1.94 bits per heavy atom. The fourth-order valence-electron chi connectivity index (χ4n) is 4.22. The van der Waals surface area contributed by atoms with Crippen molar-refractivity contribution in [3.8, 4) is 11.1 Å². The van der Waals surface area contributed by atoms with E-state index in [1.54, 1.807) is 0 Å². The minimum absolute atomic E-state index is 0.243. The van der Waals surface area contributed by atoms with Crippen LogP contribution in [0, 0.1) is 32.1 Å². The number of aryl methyl sites for hydroxylation is 3. The highest BCUT2D eigenvalue weighted by Crippen LogP contribution is 2.35. The molecule has 0 aromatic heterocycles. The molecule has 0 heterocycles. The van der Waals surface area contributed by atoms with Gasteiger partial charge in [-0.25, -0.2) is 0 Å². The molecule has 0 aliphatic carbocycles. The Labute approximate surface area is 221 Å². The van der Waals surface area contributed by atoms with Gasteiger partial charge in [0.25, 0.3) is 0 Å². The summed E-state index contributed by atoms with van der Waals surface area (Å²) in [6.45, 7) is 20.0. The van der Waals surface area contributed by atoms with Crippen LogP contribution in [0.5, 0.6) is 0 Å². The molecular weight excluding hydrogens is 436 g/mol. The van der Waals surface area contributed by atoms with Crippen LogP contribution in [0.25, 0.3) is 16.8 Å². The first kappa shape index (κ1) is 29.2. The first-order valence-corrected chi connectivity index (χ1v) is 13.4. The molecule has 194 valence electrons. The van der Waals surface area contributed by atoms with Crippen LogP contribution in [-0.4, -0.2) is 7.05 Å². The molecule has 3 aromatic carbocycles. The summed E-state index contributed by atoms with van der Waals surface area (Å²) in [4.78, 5) is 0. The van der Waals surface area contributed by atoms with E-state index in [1.807, 2.05) is 7.05 Å². The summed E-state index contributed by atoms with van der Waals surface area (Å²) in [6, 6.07) is 21.9. The molecule has 0 radical (unpaired) electrons. The van der Waals surface area contributed by atoms with Gasteiger partial charge in [0.1, 0.15) is 0 Å². The zero-order valence-electron chi connectivity index (χ0n) is 24.3. The van der Waals surface area contributed by atoms with Gasteiger partial charge in [0.15, 0.2) is 0 Å². The van der Waals surface area contributed by atoms with E-state index in [9.17, 15) is 0 Å². The van der Waals surface area contributed by atoms with E-state index < -0.39 is 0 Å². The van der Waals surface area contributed by atoms with Gasteiger partial charge in [0.05, 0.1) is 5.70 Å². The molecule has 0 unspecified atom stereocenters. The van der Waals surface area contributed by atoms with Crippen LogP contribution < -0.4 is 10.6 Å². The number of rotatable bonds is 7. The van der Waals surface area contributed by atoms with Crippen molar-refractivity contribution < 1.29 is 0 Å². The van der Waals surface area contributed by atoms with Gasteiger partial charge in [-0.3, -0.25) is 0 Å². The Hall–Kier alpha value is -3.00. The second-order valence-corrected chi connectivity index (χ2v) is 11.5. The van der Waals surface area contributed by atoms with Crippen molar-refractivity contribution in [2.45, 2.75) is 75.2 Å². The highest BCUT2D eigenvalue weighted by molar-refractivity contribution is 5.88. The SMILES string of the molecule is CCC(C)C.CN/C=C(\Nc1ccc(CC(C)(C)C)cc1-c1ccccc1C)c1c(C)cccc1C. The van der Waals surface area contributed by atoms with E-state index in [4.69, 9.17) is 0 Å². The number of anilines is 1. The van der Waals surface area contributed by atoms with Crippen molar-refractivity contribution in [1.29, 1.82) is 0 Å². The lowest BCUT2D eigenvalue weighted by Crippen LogP contribution is -2.10. The summed E-state index contributed by atoms with van der Waals surface area (Å²) in [6.07, 6.45) is 4.41. The van der Waals surface area contributed by atoms with Gasteiger partial charge in [0.2, 0.25) is 0 Å². The topological polar surface area (TPSA) is 24.1 Å². The summed E-state index contributed by atoms with van der Waals surface area (Å²) in [5.41, 5.74) is 11.4. The van der Waals surface area contributed by atoms with Crippen LogP contribution in [0.4, 0.5) is 5.69 Å². The summed E-state index contributed by atoms with van der Waals surface area (Å²) in [5, 5.41) is 6.99. The molecule has 0 atom stereocenters. The molecule has 0 saturated heterocycles. The molecule has 36 heavy (non-hydrogen) atoms. The first-order chi connectivity index (χ1) is 17.0. The van der Waals surface area contributed by atoms with Crippen LogP contribution in [-0.2, 0) is 6.42 Å². The molecule has 0 aliphatic heterocycles. The molecule has 0 fully saturated rings. The van der Waals surface area contributed by atoms with Crippen molar-refractivity contribution >= 4 is 11.4 Å². The lowest BCUT2D eigenvalue weighted by atomic mass is 9.86. The first-order valence-electron chi connectivity index (χ1n) is 13.4. The lowest BCUT2D eigenvalue weighted by Gasteiger charge is -2.22. The fraction of sp³-hybridized carbons (Fsp3) is 0.412. The quantitative estimate of drug-likeness (QED) is 0.349. The molecule has 2 nitrogen and oxygen atoms in total. The van der Waals surface area contributed by atoms with Gasteiger partial charge in [-0.2, -0.15) is 0 Å². The number of benzene rings is 3. The van der Waals surface area contributed by atoms with Crippen LogP contribution in [0.2, 0.25) is 0 Å². The highest BCUT2D eigenvalue weighted by atomic mass is 14.9. The molecule has 2 N–H and O–H groups in total. The molecule has 0 aliphatic rings. The van der Waals surface area contributed by atoms with Crippen molar-refractivity contribution in [2.24, 2.45) is 11.3 Å². The Balaban J connectivity index is 0.000000830. The van der Waals surface area contributed by atoms with Crippen molar-refractivity contribution in [1.82, 2.24) is 5.32 Å². The third-order valence-corrected chi connectivity index (χ3v) is 6.38. The van der Waals surface area contributed by atoms with Crippen LogP contribution in [0.15, 0.2) is 66.9 Å². The highest BCUT2D eigenvalue weighted by Gasteiger charge is 2.16. The summed E-state index contributed by atoms with van der Waals surface area (Å²) < 4.78 is 0. The van der Waals surface area contributed by atoms with E-state index in [0.29, 0.717) is 0 Å². The second-order valence-electron chi connectivity index (χ2n) is 11.5. The maximum Gasteiger partial charge on any atom is 0.0622 e. The van der Waals surface area contributed by atoms with Crippen molar-refractivity contribution in [3.63, 3.8) is 0 Å². The number of hydrogen-bond donors (Lipinski definition) is 2. The maximum atomic E-state index is 3.76. The number of nitrogens with one attached hydrogen (secondary N) is 2. The largest absolute Gasteiger partial charge is 0.392 e. The van der Waals surface area contributed by atoms with Crippen LogP contribution in [0.3, 0.4) is 0 Å². The van der Waals surface area contributed by atoms with E-state index in [-0.39, 0.29) is 5.41 Å². The van der Waals surface area contributed by atoms with Crippen LogP contribution >= 0.6 is 0 Å². The zero-order valence-corrected chi connectivity index (χ0v) is 24.3. The van der Waals surface area contributed by atoms with Gasteiger partial charge in [-0.1, -0.05) is 96.5 Å². The van der Waals surface area contributed by atoms with Gasteiger partial charge in [-0.15, -0.1) is 0 Å². The molecule has 3 aromatic rings. The smallest absolute Gasteiger partial charge is 0.0622 e. The average molecular weight is 485 g/mol. The third-order valence-electron chi connectivity index (χ3n) is 6.38.